The predicted molar refractivity (Wildman–Crippen MR) is 57.6 cm³/mol. The molecule has 1 amide bonds. The fraction of sp³-hybridized carbons (Fsp3) is 0.900. The van der Waals surface area contributed by atoms with Crippen molar-refractivity contribution in [2.45, 2.75) is 20.0 Å². The summed E-state index contributed by atoms with van der Waals surface area (Å²) in [6, 6.07) is 0. The van der Waals surface area contributed by atoms with Gasteiger partial charge in [-0.05, 0) is 6.54 Å². The maximum atomic E-state index is 11.7. The molecule has 0 aliphatic heterocycles. The molecular formula is C10H19F3N2O2. The van der Waals surface area contributed by atoms with Crippen molar-refractivity contribution >= 4 is 5.91 Å². The van der Waals surface area contributed by atoms with Crippen LogP contribution in [0.15, 0.2) is 0 Å². The van der Waals surface area contributed by atoms with Crippen LogP contribution in [0.2, 0.25) is 0 Å². The van der Waals surface area contributed by atoms with Gasteiger partial charge in [-0.3, -0.25) is 4.79 Å². The molecule has 0 aliphatic rings. The van der Waals surface area contributed by atoms with E-state index in [1.807, 2.05) is 6.92 Å². The Hall–Kier alpha value is -0.820. The van der Waals surface area contributed by atoms with Crippen molar-refractivity contribution in [1.82, 2.24) is 10.6 Å². The monoisotopic (exact) mass is 256 g/mol. The molecule has 0 fully saturated rings. The van der Waals surface area contributed by atoms with Gasteiger partial charge in [0.25, 0.3) is 0 Å². The first kappa shape index (κ1) is 16.2. The van der Waals surface area contributed by atoms with Gasteiger partial charge >= 0.3 is 6.18 Å². The lowest BCUT2D eigenvalue weighted by Crippen LogP contribution is -2.37. The third-order valence-corrected chi connectivity index (χ3v) is 1.96. The van der Waals surface area contributed by atoms with Gasteiger partial charge in [0.15, 0.2) is 0 Å². The van der Waals surface area contributed by atoms with Crippen molar-refractivity contribution in [2.24, 2.45) is 5.92 Å². The van der Waals surface area contributed by atoms with Gasteiger partial charge in [0.05, 0.1) is 6.61 Å². The molecule has 1 unspecified atom stereocenters. The quantitative estimate of drug-likeness (QED) is 0.635. The van der Waals surface area contributed by atoms with Crippen LogP contribution in [-0.2, 0) is 9.53 Å². The Morgan fingerprint density at radius 3 is 2.59 bits per heavy atom. The molecule has 0 bridgehead atoms. The summed E-state index contributed by atoms with van der Waals surface area (Å²) in [5, 5.41) is 5.52. The molecule has 0 heterocycles. The summed E-state index contributed by atoms with van der Waals surface area (Å²) in [6.07, 6.45) is -4.32. The van der Waals surface area contributed by atoms with E-state index >= 15 is 0 Å². The Bertz CT molecular complexity index is 222. The van der Waals surface area contributed by atoms with E-state index in [0.29, 0.717) is 6.54 Å². The van der Waals surface area contributed by atoms with E-state index in [9.17, 15) is 18.0 Å². The van der Waals surface area contributed by atoms with Gasteiger partial charge in [0.1, 0.15) is 6.61 Å². The van der Waals surface area contributed by atoms with Gasteiger partial charge in [-0.1, -0.05) is 13.8 Å². The number of halogens is 3. The van der Waals surface area contributed by atoms with Gasteiger partial charge in [-0.25, -0.2) is 0 Å². The molecule has 1 atom stereocenters. The number of alkyl halides is 3. The Morgan fingerprint density at radius 2 is 2.06 bits per heavy atom. The molecule has 102 valence electrons. The van der Waals surface area contributed by atoms with Crippen molar-refractivity contribution in [3.63, 3.8) is 0 Å². The highest BCUT2D eigenvalue weighted by molar-refractivity contribution is 5.78. The molecule has 0 spiro atoms. The second-order valence-corrected chi connectivity index (χ2v) is 3.67. The highest BCUT2D eigenvalue weighted by Gasteiger charge is 2.27. The molecule has 0 aliphatic carbocycles. The average Bonchev–Trinajstić information content (AvgIpc) is 2.23. The fourth-order valence-corrected chi connectivity index (χ4v) is 1.06. The number of ether oxygens (including phenoxy) is 1. The summed E-state index contributed by atoms with van der Waals surface area (Å²) in [5.74, 6) is -0.404. The Balaban J connectivity index is 3.51. The molecule has 0 aromatic carbocycles. The lowest BCUT2D eigenvalue weighted by molar-refractivity contribution is -0.173. The number of carbonyl (C=O) groups is 1. The zero-order chi connectivity index (χ0) is 13.3. The fourth-order valence-electron chi connectivity index (χ4n) is 1.06. The normalized spacial score (nSPS) is 13.5. The zero-order valence-corrected chi connectivity index (χ0v) is 10.1. The molecule has 17 heavy (non-hydrogen) atoms. The number of hydrogen-bond donors (Lipinski definition) is 2. The van der Waals surface area contributed by atoms with E-state index in [0.717, 1.165) is 6.54 Å². The minimum Gasteiger partial charge on any atom is -0.370 e. The van der Waals surface area contributed by atoms with Crippen molar-refractivity contribution in [2.75, 3.05) is 32.8 Å². The average molecular weight is 256 g/mol. The van der Waals surface area contributed by atoms with Crippen LogP contribution >= 0.6 is 0 Å². The molecular weight excluding hydrogens is 237 g/mol. The summed E-state index contributed by atoms with van der Waals surface area (Å²) in [5.41, 5.74) is 0. The Labute approximate surface area is 98.9 Å². The van der Waals surface area contributed by atoms with Crippen LogP contribution in [-0.4, -0.2) is 44.9 Å². The van der Waals surface area contributed by atoms with Crippen molar-refractivity contribution in [3.05, 3.63) is 0 Å². The molecule has 0 rings (SSSR count). The lowest BCUT2D eigenvalue weighted by Gasteiger charge is -2.12. The van der Waals surface area contributed by atoms with E-state index in [1.54, 1.807) is 6.92 Å². The highest BCUT2D eigenvalue weighted by Crippen LogP contribution is 2.13. The number of amides is 1. The maximum absolute atomic E-state index is 11.7. The number of nitrogens with one attached hydrogen (secondary N) is 2. The summed E-state index contributed by atoms with van der Waals surface area (Å²) >= 11 is 0. The highest BCUT2D eigenvalue weighted by atomic mass is 19.4. The van der Waals surface area contributed by atoms with Gasteiger partial charge < -0.3 is 15.4 Å². The van der Waals surface area contributed by atoms with E-state index in [1.165, 1.54) is 0 Å². The first-order valence-corrected chi connectivity index (χ1v) is 5.49. The Kier molecular flexibility index (Phi) is 7.90. The van der Waals surface area contributed by atoms with Crippen LogP contribution < -0.4 is 10.6 Å². The second-order valence-electron chi connectivity index (χ2n) is 3.67. The van der Waals surface area contributed by atoms with Crippen molar-refractivity contribution in [1.29, 1.82) is 0 Å². The third-order valence-electron chi connectivity index (χ3n) is 1.96. The predicted octanol–water partition coefficient (Wildman–Crippen LogP) is 0.927. The van der Waals surface area contributed by atoms with Crippen LogP contribution in [0.4, 0.5) is 13.2 Å². The molecule has 0 aromatic heterocycles. The van der Waals surface area contributed by atoms with Gasteiger partial charge in [0.2, 0.25) is 5.91 Å². The Morgan fingerprint density at radius 1 is 1.41 bits per heavy atom. The minimum atomic E-state index is -4.32. The number of carbonyl (C=O) groups excluding carboxylic acids is 1. The first-order chi connectivity index (χ1) is 7.87. The summed E-state index contributed by atoms with van der Waals surface area (Å²) in [4.78, 5) is 11.4. The molecule has 4 nitrogen and oxygen atoms in total. The number of rotatable bonds is 8. The molecule has 2 N–H and O–H groups in total. The van der Waals surface area contributed by atoms with Crippen LogP contribution in [0.25, 0.3) is 0 Å². The molecule has 0 saturated heterocycles. The van der Waals surface area contributed by atoms with Crippen molar-refractivity contribution in [3.8, 4) is 0 Å². The standard InChI is InChI=1S/C10H19F3N2O2/c1-3-14-6-8(2)9(16)15-4-5-17-7-10(11,12)13/h8,14H,3-7H2,1-2H3,(H,15,16). The zero-order valence-electron chi connectivity index (χ0n) is 10.1. The third kappa shape index (κ3) is 10.1. The van der Waals surface area contributed by atoms with Crippen LogP contribution in [0.1, 0.15) is 13.8 Å². The van der Waals surface area contributed by atoms with E-state index in [4.69, 9.17) is 0 Å². The van der Waals surface area contributed by atoms with Crippen molar-refractivity contribution < 1.29 is 22.7 Å². The van der Waals surface area contributed by atoms with E-state index < -0.39 is 12.8 Å². The maximum Gasteiger partial charge on any atom is 0.411 e. The molecule has 0 aromatic rings. The lowest BCUT2D eigenvalue weighted by atomic mass is 10.1. The topological polar surface area (TPSA) is 50.4 Å². The largest absolute Gasteiger partial charge is 0.411 e. The van der Waals surface area contributed by atoms with Crippen LogP contribution in [0.3, 0.4) is 0 Å². The number of hydrogen-bond acceptors (Lipinski definition) is 3. The second kappa shape index (κ2) is 8.30. The SMILES string of the molecule is CCNCC(C)C(=O)NCCOCC(F)(F)F. The summed E-state index contributed by atoms with van der Waals surface area (Å²) in [6.45, 7) is 3.66. The van der Waals surface area contributed by atoms with Crippen LogP contribution in [0.5, 0.6) is 0 Å². The molecule has 7 heteroatoms. The summed E-state index contributed by atoms with van der Waals surface area (Å²) < 4.78 is 39.4. The molecule has 0 saturated carbocycles. The smallest absolute Gasteiger partial charge is 0.370 e. The van der Waals surface area contributed by atoms with Gasteiger partial charge in [-0.2, -0.15) is 13.2 Å². The van der Waals surface area contributed by atoms with Crippen LogP contribution in [0, 0.1) is 5.92 Å². The summed E-state index contributed by atoms with van der Waals surface area (Å²) in [7, 11) is 0. The molecule has 0 radical (unpaired) electrons. The van der Waals surface area contributed by atoms with E-state index in [2.05, 4.69) is 15.4 Å². The van der Waals surface area contributed by atoms with Gasteiger partial charge in [-0.15, -0.1) is 0 Å². The van der Waals surface area contributed by atoms with E-state index in [-0.39, 0.29) is 25.0 Å². The van der Waals surface area contributed by atoms with Gasteiger partial charge in [0, 0.05) is 19.0 Å². The first-order valence-electron chi connectivity index (χ1n) is 5.49. The minimum absolute atomic E-state index is 0.0887.